The second-order valence-electron chi connectivity index (χ2n) is 3.84. The molecule has 1 fully saturated rings. The number of ether oxygens (including phenoxy) is 1. The van der Waals surface area contributed by atoms with Crippen molar-refractivity contribution in [3.8, 4) is 0 Å². The van der Waals surface area contributed by atoms with Gasteiger partial charge in [0.15, 0.2) is 0 Å². The Balaban J connectivity index is 0.00000154. The topological polar surface area (TPSA) is 26.3 Å². The number of alkyl halides is 3. The number of halogens is 5. The van der Waals surface area contributed by atoms with Gasteiger partial charge in [-0.05, 0) is 12.8 Å². The lowest BCUT2D eigenvalue weighted by molar-refractivity contribution is -0.167. The van der Waals surface area contributed by atoms with Crippen LogP contribution in [-0.4, -0.2) is 12.1 Å². The molecule has 0 bridgehead atoms. The highest BCUT2D eigenvalue weighted by molar-refractivity contribution is 5.73. The van der Waals surface area contributed by atoms with Crippen molar-refractivity contribution in [3.63, 3.8) is 0 Å². The standard InChI is InChI=1S/C10H11F5O2.C2H6/c11-8(12)7(10(13,14)15)17-9(16)6-4-2-1-3-5-6;1-2/h6H,1-5H2;1-2H3. The minimum absolute atomic E-state index is 0.387. The van der Waals surface area contributed by atoms with Gasteiger partial charge in [-0.15, -0.1) is 0 Å². The third-order valence-electron chi connectivity index (χ3n) is 2.57. The minimum Gasteiger partial charge on any atom is -0.415 e. The lowest BCUT2D eigenvalue weighted by atomic mass is 9.89. The van der Waals surface area contributed by atoms with Crippen molar-refractivity contribution in [1.82, 2.24) is 0 Å². The second-order valence-corrected chi connectivity index (χ2v) is 3.84. The van der Waals surface area contributed by atoms with Crippen LogP contribution in [-0.2, 0) is 9.53 Å². The zero-order chi connectivity index (χ0) is 15.1. The van der Waals surface area contributed by atoms with Crippen LogP contribution in [0.4, 0.5) is 22.0 Å². The Labute approximate surface area is 108 Å². The molecule has 1 rings (SSSR count). The molecule has 1 aliphatic carbocycles. The van der Waals surface area contributed by atoms with Crippen molar-refractivity contribution in [2.24, 2.45) is 5.92 Å². The Morgan fingerprint density at radius 3 is 1.89 bits per heavy atom. The van der Waals surface area contributed by atoms with E-state index < -0.39 is 29.9 Å². The number of hydrogen-bond donors (Lipinski definition) is 0. The van der Waals surface area contributed by atoms with Crippen LogP contribution in [0.1, 0.15) is 46.0 Å². The van der Waals surface area contributed by atoms with E-state index in [0.717, 1.165) is 6.42 Å². The van der Waals surface area contributed by atoms with Crippen LogP contribution < -0.4 is 0 Å². The van der Waals surface area contributed by atoms with Gasteiger partial charge in [-0.1, -0.05) is 33.1 Å². The predicted octanol–water partition coefficient (Wildman–Crippen LogP) is 4.81. The number of hydrogen-bond acceptors (Lipinski definition) is 2. The lowest BCUT2D eigenvalue weighted by Gasteiger charge is -2.20. The van der Waals surface area contributed by atoms with Crippen molar-refractivity contribution in [1.29, 1.82) is 0 Å². The van der Waals surface area contributed by atoms with Crippen molar-refractivity contribution < 1.29 is 31.5 Å². The molecule has 0 amide bonds. The Morgan fingerprint density at radius 2 is 1.53 bits per heavy atom. The molecule has 0 aromatic rings. The molecular formula is C12H17F5O2. The van der Waals surface area contributed by atoms with E-state index in [4.69, 9.17) is 0 Å². The van der Waals surface area contributed by atoms with E-state index in [0.29, 0.717) is 25.7 Å². The van der Waals surface area contributed by atoms with Gasteiger partial charge in [0.05, 0.1) is 5.92 Å². The van der Waals surface area contributed by atoms with Gasteiger partial charge in [-0.2, -0.15) is 22.0 Å². The average Bonchev–Trinajstić information content (AvgIpc) is 2.37. The van der Waals surface area contributed by atoms with Crippen LogP contribution in [0, 0.1) is 5.92 Å². The molecule has 0 aromatic carbocycles. The highest BCUT2D eigenvalue weighted by Crippen LogP contribution is 2.33. The fourth-order valence-electron chi connectivity index (χ4n) is 1.73. The van der Waals surface area contributed by atoms with Crippen molar-refractivity contribution in [2.75, 3.05) is 0 Å². The van der Waals surface area contributed by atoms with E-state index >= 15 is 0 Å². The van der Waals surface area contributed by atoms with Crippen molar-refractivity contribution in [2.45, 2.75) is 52.1 Å². The summed E-state index contributed by atoms with van der Waals surface area (Å²) in [5.74, 6) is -4.42. The molecule has 7 heteroatoms. The molecule has 0 spiro atoms. The smallest absolute Gasteiger partial charge is 0.415 e. The van der Waals surface area contributed by atoms with Crippen LogP contribution in [0.25, 0.3) is 0 Å². The van der Waals surface area contributed by atoms with E-state index in [-0.39, 0.29) is 0 Å². The largest absolute Gasteiger partial charge is 0.455 e. The summed E-state index contributed by atoms with van der Waals surface area (Å²) in [5.41, 5.74) is 0. The molecule has 0 atom stereocenters. The number of carbonyl (C=O) groups is 1. The molecule has 0 aromatic heterocycles. The number of rotatable bonds is 2. The molecule has 1 saturated carbocycles. The zero-order valence-electron chi connectivity index (χ0n) is 10.8. The van der Waals surface area contributed by atoms with Gasteiger partial charge in [0.25, 0.3) is 5.76 Å². The summed E-state index contributed by atoms with van der Waals surface area (Å²) in [6, 6.07) is 0. The van der Waals surface area contributed by atoms with Crippen molar-refractivity contribution in [3.05, 3.63) is 11.8 Å². The van der Waals surface area contributed by atoms with E-state index in [1.54, 1.807) is 0 Å². The lowest BCUT2D eigenvalue weighted by Crippen LogP contribution is -2.25. The molecule has 19 heavy (non-hydrogen) atoms. The van der Waals surface area contributed by atoms with E-state index in [1.807, 2.05) is 13.8 Å². The zero-order valence-corrected chi connectivity index (χ0v) is 10.8. The number of esters is 1. The van der Waals surface area contributed by atoms with Crippen LogP contribution in [0.2, 0.25) is 0 Å². The maximum Gasteiger partial charge on any atom is 0.455 e. The molecule has 0 saturated heterocycles. The average molecular weight is 288 g/mol. The third kappa shape index (κ3) is 6.02. The molecule has 2 nitrogen and oxygen atoms in total. The Morgan fingerprint density at radius 1 is 1.05 bits per heavy atom. The first-order valence-electron chi connectivity index (χ1n) is 6.16. The molecule has 0 N–H and O–H groups in total. The number of carbonyl (C=O) groups excluding carboxylic acids is 1. The van der Waals surface area contributed by atoms with Gasteiger partial charge >= 0.3 is 18.2 Å². The van der Waals surface area contributed by atoms with Gasteiger partial charge in [-0.25, -0.2) is 0 Å². The van der Waals surface area contributed by atoms with Crippen LogP contribution in [0.15, 0.2) is 11.8 Å². The first-order chi connectivity index (χ1) is 8.82. The monoisotopic (exact) mass is 288 g/mol. The Kier molecular flexibility index (Phi) is 7.63. The normalized spacial score (nSPS) is 16.2. The second kappa shape index (κ2) is 8.12. The van der Waals surface area contributed by atoms with Crippen LogP contribution in [0.3, 0.4) is 0 Å². The first-order valence-corrected chi connectivity index (χ1v) is 6.16. The van der Waals surface area contributed by atoms with Gasteiger partial charge in [0, 0.05) is 0 Å². The molecule has 112 valence electrons. The van der Waals surface area contributed by atoms with E-state index in [9.17, 15) is 26.7 Å². The highest BCUT2D eigenvalue weighted by atomic mass is 19.4. The number of allylic oxidation sites excluding steroid dienone is 1. The quantitative estimate of drug-likeness (QED) is 0.414. The minimum atomic E-state index is -5.34. The summed E-state index contributed by atoms with van der Waals surface area (Å²) in [7, 11) is 0. The molecule has 1 aliphatic rings. The van der Waals surface area contributed by atoms with Gasteiger partial charge in [-0.3, -0.25) is 4.79 Å². The van der Waals surface area contributed by atoms with E-state index in [1.165, 1.54) is 0 Å². The summed E-state index contributed by atoms with van der Waals surface area (Å²) in [6.45, 7) is 4.00. The fraction of sp³-hybridized carbons (Fsp3) is 0.750. The molecule has 0 unspecified atom stereocenters. The van der Waals surface area contributed by atoms with Crippen LogP contribution >= 0.6 is 0 Å². The highest BCUT2D eigenvalue weighted by Gasteiger charge is 2.42. The molecular weight excluding hydrogens is 271 g/mol. The Hall–Kier alpha value is -1.14. The Bertz CT molecular complexity index is 313. The predicted molar refractivity (Wildman–Crippen MR) is 59.3 cm³/mol. The summed E-state index contributed by atoms with van der Waals surface area (Å²) in [4.78, 5) is 11.3. The van der Waals surface area contributed by atoms with Gasteiger partial charge < -0.3 is 4.74 Å². The SMILES string of the molecule is CC.O=C(OC(=C(F)F)C(F)(F)F)C1CCCCC1. The third-order valence-corrected chi connectivity index (χ3v) is 2.57. The fourth-order valence-corrected chi connectivity index (χ4v) is 1.73. The summed E-state index contributed by atoms with van der Waals surface area (Å²) >= 11 is 0. The summed E-state index contributed by atoms with van der Waals surface area (Å²) in [6.07, 6.45) is -5.31. The van der Waals surface area contributed by atoms with Gasteiger partial charge in [0.1, 0.15) is 0 Å². The van der Waals surface area contributed by atoms with Gasteiger partial charge in [0.2, 0.25) is 0 Å². The van der Waals surface area contributed by atoms with Crippen molar-refractivity contribution >= 4 is 5.97 Å². The summed E-state index contributed by atoms with van der Waals surface area (Å²) in [5, 5.41) is 0. The first kappa shape index (κ1) is 17.9. The van der Waals surface area contributed by atoms with E-state index in [2.05, 4.69) is 4.74 Å². The maximum atomic E-state index is 12.1. The summed E-state index contributed by atoms with van der Waals surface area (Å²) < 4.78 is 64.0. The molecule has 0 heterocycles. The van der Waals surface area contributed by atoms with Crippen LogP contribution in [0.5, 0.6) is 0 Å². The molecule has 0 aliphatic heterocycles. The maximum absolute atomic E-state index is 12.1. The molecule has 0 radical (unpaired) electrons.